The van der Waals surface area contributed by atoms with Crippen molar-refractivity contribution in [3.63, 3.8) is 0 Å². The molecular formula is C133H163BrP4Pd. The molecule has 5 aliphatic rings. The summed E-state index contributed by atoms with van der Waals surface area (Å²) in [6.45, 7) is 44.1. The minimum Gasteiger partial charge on any atom is -0.120 e. The monoisotopic (exact) mass is 2070 g/mol. The van der Waals surface area contributed by atoms with Gasteiger partial charge in [-0.2, -0.15) is 0 Å². The number of hydrogen-bond donors (Lipinski definition) is 0. The van der Waals surface area contributed by atoms with Gasteiger partial charge in [-0.15, -0.1) is 18.9 Å². The summed E-state index contributed by atoms with van der Waals surface area (Å²) >= 11 is 3.62. The first-order chi connectivity index (χ1) is 66.5. The zero-order chi connectivity index (χ0) is 98.4. The van der Waals surface area contributed by atoms with Crippen molar-refractivity contribution in [3.8, 4) is 12.3 Å². The molecule has 0 N–H and O–H groups in total. The minimum absolute atomic E-state index is 0. The first-order valence-corrected chi connectivity index (χ1v) is 58.1. The standard InChI is InChI=1S/C31H52.C19H33Br.4C18H15P.C11H18.Pd/c1-22-20-26(24(3)30(7,8)21-22)15-14-25-13-11-19-31(9)27(16-17-28(25)31)23(2)12-10-18-29(4,5)6;1-18(2,3)12-6-5-9-16-10-11-17-15(14-20)8-7-13-19(16,17)4;4*1-4-10-16(11-5-1)19(17-12-6-2-7-13-17)18-14-8-3-9-15-18;1-6-8-10(3)9-11(4,5)7-2;/h14-15,22-23,27-28H,3,10-13,16-21H2,1-2,4-9H3;14,16-17H,5-13H2,1-4H3;4*1-15H;1,7,10H,2,8-9H2,3-5H3;/b25-14+,26-15-;15-14+;;;;;;/t22?,23-,27-,28+,31-;16-,17-,19+;;;;;;/m10....../s1. The Morgan fingerprint density at radius 3 is 1.01 bits per heavy atom. The van der Waals surface area contributed by atoms with Gasteiger partial charge in [0.2, 0.25) is 0 Å². The van der Waals surface area contributed by atoms with Crippen molar-refractivity contribution < 1.29 is 20.4 Å². The van der Waals surface area contributed by atoms with Crippen molar-refractivity contribution in [2.24, 2.45) is 73.9 Å². The maximum Gasteiger partial charge on any atom is 0.0112 e. The molecule has 5 fully saturated rings. The fourth-order valence-electron chi connectivity index (χ4n) is 22.5. The number of rotatable bonds is 25. The van der Waals surface area contributed by atoms with Crippen LogP contribution in [0.3, 0.4) is 0 Å². The van der Waals surface area contributed by atoms with E-state index < -0.39 is 31.7 Å². The van der Waals surface area contributed by atoms with Gasteiger partial charge in [-0.25, -0.2) is 0 Å². The molecule has 0 nitrogen and oxygen atoms in total. The van der Waals surface area contributed by atoms with E-state index in [1.165, 1.54) is 197 Å². The summed E-state index contributed by atoms with van der Waals surface area (Å²) in [5, 5.41) is 16.8. The minimum atomic E-state index is -0.446. The molecule has 0 aliphatic heterocycles. The van der Waals surface area contributed by atoms with Crippen LogP contribution in [0.4, 0.5) is 0 Å². The van der Waals surface area contributed by atoms with Crippen molar-refractivity contribution >= 4 is 111 Å². The van der Waals surface area contributed by atoms with Gasteiger partial charge >= 0.3 is 0 Å². The summed E-state index contributed by atoms with van der Waals surface area (Å²) in [4.78, 5) is 2.25. The molecule has 139 heavy (non-hydrogen) atoms. The van der Waals surface area contributed by atoms with Crippen LogP contribution in [-0.2, 0) is 20.4 Å². The average molecular weight is 2070 g/mol. The number of allylic oxidation sites excluding steroid dienone is 7. The molecule has 0 spiro atoms. The molecule has 2 unspecified atom stereocenters. The van der Waals surface area contributed by atoms with Crippen molar-refractivity contribution in [1.29, 1.82) is 0 Å². The molecule has 17 rings (SSSR count). The zero-order valence-electron chi connectivity index (χ0n) is 86.8. The van der Waals surface area contributed by atoms with E-state index in [0.717, 1.165) is 48.3 Å². The molecule has 12 aromatic rings. The third-order valence-corrected chi connectivity index (χ3v) is 39.9. The van der Waals surface area contributed by atoms with Crippen LogP contribution < -0.4 is 63.7 Å². The van der Waals surface area contributed by atoms with Gasteiger partial charge in [0.05, 0.1) is 0 Å². The third-order valence-electron chi connectivity index (χ3n) is 29.5. The van der Waals surface area contributed by atoms with Gasteiger partial charge in [0.1, 0.15) is 0 Å². The maximum atomic E-state index is 5.21. The van der Waals surface area contributed by atoms with Crippen LogP contribution in [0.25, 0.3) is 0 Å². The maximum absolute atomic E-state index is 5.21. The Kier molecular flexibility index (Phi) is 46.0. The SMILES string of the molecule is C#CCC(C)CC(C)(C)C=C.C=C1/C(=C\C=C2/CCC[C@]3(C)[C@@H]([C@H](C)CCCC(C)(C)C)CC[C@@H]23)CC(C)CC1(C)C.CC(C)(C)CCCC[C@H]1CC[C@H]2/C(=C/Br)CCC[C@]12C.[Pd].c1ccc(P(c2ccccc2)c2ccccc2)cc1.c1ccc(P(c2ccccc2)c2ccccc2)cc1.c1ccc(P(c2ccccc2)c2ccccc2)cc1.c1ccc(P(c2ccccc2)c2ccccc2)cc1. The number of benzene rings is 12. The Bertz CT molecular complexity index is 4780. The topological polar surface area (TPSA) is 0 Å². The Morgan fingerprint density at radius 1 is 0.410 bits per heavy atom. The molecule has 0 bridgehead atoms. The zero-order valence-corrected chi connectivity index (χ0v) is 93.5. The van der Waals surface area contributed by atoms with Crippen LogP contribution in [0.5, 0.6) is 0 Å². The molecule has 9 atom stereocenters. The van der Waals surface area contributed by atoms with Gasteiger partial charge in [0.25, 0.3) is 0 Å². The van der Waals surface area contributed by atoms with Crippen LogP contribution in [0, 0.1) is 86.3 Å². The van der Waals surface area contributed by atoms with Crippen molar-refractivity contribution in [2.45, 2.75) is 239 Å². The third kappa shape index (κ3) is 34.5. The van der Waals surface area contributed by atoms with E-state index in [0.29, 0.717) is 27.6 Å². The molecule has 0 heterocycles. The van der Waals surface area contributed by atoms with E-state index in [1.807, 2.05) is 6.08 Å². The molecule has 0 amide bonds. The van der Waals surface area contributed by atoms with Gasteiger partial charge in [-0.05, 0) is 288 Å². The van der Waals surface area contributed by atoms with E-state index in [9.17, 15) is 0 Å². The van der Waals surface area contributed by atoms with E-state index in [-0.39, 0.29) is 31.3 Å². The van der Waals surface area contributed by atoms with Gasteiger partial charge in [0.15, 0.2) is 0 Å². The predicted molar refractivity (Wildman–Crippen MR) is 623 cm³/mol. The van der Waals surface area contributed by atoms with Gasteiger partial charge in [-0.3, -0.25) is 0 Å². The summed E-state index contributed by atoms with van der Waals surface area (Å²) in [6, 6.07) is 129. The smallest absolute Gasteiger partial charge is 0.0112 e. The van der Waals surface area contributed by atoms with Gasteiger partial charge < -0.3 is 0 Å². The summed E-state index contributed by atoms with van der Waals surface area (Å²) < 4.78 is 0. The molecule has 6 heteroatoms. The Labute approximate surface area is 872 Å². The molecule has 5 aliphatic carbocycles. The summed E-state index contributed by atoms with van der Waals surface area (Å²) in [7, 11) is -1.78. The first kappa shape index (κ1) is 113. The van der Waals surface area contributed by atoms with Gasteiger partial charge in [0, 0.05) is 26.8 Å². The van der Waals surface area contributed by atoms with Crippen LogP contribution in [-0.4, -0.2) is 0 Å². The second-order valence-electron chi connectivity index (χ2n) is 43.8. The van der Waals surface area contributed by atoms with Crippen LogP contribution >= 0.6 is 47.6 Å². The van der Waals surface area contributed by atoms with Gasteiger partial charge in [-0.1, -0.05) is 545 Å². The summed E-state index contributed by atoms with van der Waals surface area (Å²) in [6.07, 6.45) is 40.8. The molecule has 0 aromatic heterocycles. The summed E-state index contributed by atoms with van der Waals surface area (Å²) in [5.74, 6) is 8.51. The second-order valence-corrected chi connectivity index (χ2v) is 53.1. The van der Waals surface area contributed by atoms with E-state index in [2.05, 4.69) is 520 Å². The molecule has 12 aromatic carbocycles. The molecule has 0 saturated heterocycles. The second kappa shape index (κ2) is 56.7. The number of fused-ring (bicyclic) bond motifs is 2. The van der Waals surface area contributed by atoms with Crippen molar-refractivity contribution in [2.75, 3.05) is 0 Å². The van der Waals surface area contributed by atoms with Crippen molar-refractivity contribution in [3.05, 3.63) is 423 Å². The van der Waals surface area contributed by atoms with E-state index in [1.54, 1.807) is 11.1 Å². The Morgan fingerprint density at radius 2 is 0.705 bits per heavy atom. The van der Waals surface area contributed by atoms with Crippen LogP contribution in [0.2, 0.25) is 0 Å². The molecule has 732 valence electrons. The molecule has 5 saturated carbocycles. The van der Waals surface area contributed by atoms with E-state index >= 15 is 0 Å². The normalized spacial score (nSPS) is 20.4. The quantitative estimate of drug-likeness (QED) is 0.0176. The number of halogens is 1. The molecule has 0 radical (unpaired) electrons. The predicted octanol–water partition coefficient (Wildman–Crippen LogP) is 34.0. The van der Waals surface area contributed by atoms with Crippen LogP contribution in [0.1, 0.15) is 239 Å². The van der Waals surface area contributed by atoms with E-state index in [4.69, 9.17) is 6.42 Å². The number of hydrogen-bond acceptors (Lipinski definition) is 0. The largest absolute Gasteiger partial charge is 0.120 e. The fraction of sp³-hybridized carbons (Fsp3) is 0.368. The summed E-state index contributed by atoms with van der Waals surface area (Å²) in [5.41, 5.74) is 8.99. The van der Waals surface area contributed by atoms with Crippen molar-refractivity contribution in [1.82, 2.24) is 0 Å². The average Bonchev–Trinajstić information content (AvgIpc) is 1.62. The fourth-order valence-corrected chi connectivity index (χ4v) is 32.3. The number of terminal acetylenes is 1. The first-order valence-electron chi connectivity index (χ1n) is 51.8. The van der Waals surface area contributed by atoms with Crippen LogP contribution in [0.15, 0.2) is 423 Å². The number of unbranched alkanes of at least 4 members (excludes halogenated alkanes) is 1. The molecular weight excluding hydrogens is 1910 g/mol. The Balaban J connectivity index is 0.000000170. The Hall–Kier alpha value is -8.24.